The van der Waals surface area contributed by atoms with E-state index in [-0.39, 0.29) is 23.3 Å². The number of hydrogen-bond donors (Lipinski definition) is 1. The van der Waals surface area contributed by atoms with Gasteiger partial charge in [-0.15, -0.1) is 0 Å². The summed E-state index contributed by atoms with van der Waals surface area (Å²) < 4.78 is 13.5. The highest BCUT2D eigenvalue weighted by Crippen LogP contribution is 2.19. The van der Waals surface area contributed by atoms with Crippen molar-refractivity contribution >= 4 is 23.4 Å². The van der Waals surface area contributed by atoms with Gasteiger partial charge in [-0.1, -0.05) is 17.7 Å². The van der Waals surface area contributed by atoms with Crippen LogP contribution in [0.2, 0.25) is 5.02 Å². The van der Waals surface area contributed by atoms with Crippen molar-refractivity contribution in [2.75, 3.05) is 27.2 Å². The minimum Gasteiger partial charge on any atom is -0.353 e. The molecule has 5 nitrogen and oxygen atoms in total. The van der Waals surface area contributed by atoms with E-state index in [1.54, 1.807) is 20.2 Å². The molecule has 1 saturated heterocycles. The standard InChI is InChI=1S/C15H19ClFN3O2/c1-19(2)14(21)8-13-15(22)18-5-6-20(13)9-10-3-4-11(16)12(17)7-10/h3-4,7,13H,5-6,8-9H2,1-2H3,(H,18,22)/t13-/m0/s1. The molecule has 7 heteroatoms. The Bertz CT molecular complexity index is 580. The van der Waals surface area contributed by atoms with Gasteiger partial charge in [-0.2, -0.15) is 0 Å². The Kier molecular flexibility index (Phi) is 5.37. The molecule has 0 radical (unpaired) electrons. The highest BCUT2D eigenvalue weighted by molar-refractivity contribution is 6.30. The normalized spacial score (nSPS) is 18.9. The van der Waals surface area contributed by atoms with E-state index in [2.05, 4.69) is 5.32 Å². The third-order valence-electron chi connectivity index (χ3n) is 3.68. The van der Waals surface area contributed by atoms with Crippen LogP contribution in [0.4, 0.5) is 4.39 Å². The lowest BCUT2D eigenvalue weighted by atomic mass is 10.1. The highest BCUT2D eigenvalue weighted by Gasteiger charge is 2.32. The lowest BCUT2D eigenvalue weighted by Gasteiger charge is -2.35. The van der Waals surface area contributed by atoms with Crippen LogP contribution in [-0.4, -0.2) is 54.8 Å². The SMILES string of the molecule is CN(C)C(=O)C[C@H]1C(=O)NCCN1Cc1ccc(Cl)c(F)c1. The monoisotopic (exact) mass is 327 g/mol. The molecule has 1 heterocycles. The fourth-order valence-corrected chi connectivity index (χ4v) is 2.51. The van der Waals surface area contributed by atoms with E-state index in [0.717, 1.165) is 5.56 Å². The molecule has 1 aromatic carbocycles. The van der Waals surface area contributed by atoms with Gasteiger partial charge >= 0.3 is 0 Å². The molecule has 0 spiro atoms. The summed E-state index contributed by atoms with van der Waals surface area (Å²) >= 11 is 5.68. The second-order valence-corrected chi connectivity index (χ2v) is 5.93. The second-order valence-electron chi connectivity index (χ2n) is 5.52. The zero-order chi connectivity index (χ0) is 16.3. The predicted molar refractivity (Wildman–Crippen MR) is 81.9 cm³/mol. The molecule has 2 rings (SSSR count). The molecule has 1 atom stereocenters. The van der Waals surface area contributed by atoms with E-state index in [9.17, 15) is 14.0 Å². The zero-order valence-electron chi connectivity index (χ0n) is 12.6. The summed E-state index contributed by atoms with van der Waals surface area (Å²) in [6.07, 6.45) is 0.106. The minimum absolute atomic E-state index is 0.0690. The fraction of sp³-hybridized carbons (Fsp3) is 0.467. The lowest BCUT2D eigenvalue weighted by molar-refractivity contribution is -0.137. The van der Waals surface area contributed by atoms with Gasteiger partial charge in [0.1, 0.15) is 5.82 Å². The van der Waals surface area contributed by atoms with Crippen LogP contribution < -0.4 is 5.32 Å². The van der Waals surface area contributed by atoms with Crippen LogP contribution in [0.5, 0.6) is 0 Å². The van der Waals surface area contributed by atoms with Crippen LogP contribution in [0, 0.1) is 5.82 Å². The Labute approximate surface area is 134 Å². The summed E-state index contributed by atoms with van der Waals surface area (Å²) in [6, 6.07) is 4.04. The van der Waals surface area contributed by atoms with Gasteiger partial charge < -0.3 is 10.2 Å². The van der Waals surface area contributed by atoms with Gasteiger partial charge in [0, 0.05) is 33.7 Å². The van der Waals surface area contributed by atoms with Gasteiger partial charge in [0.05, 0.1) is 17.5 Å². The second kappa shape index (κ2) is 7.07. The molecule has 1 aromatic rings. The van der Waals surface area contributed by atoms with Crippen molar-refractivity contribution in [2.45, 2.75) is 19.0 Å². The van der Waals surface area contributed by atoms with E-state index in [1.807, 2.05) is 4.90 Å². The summed E-state index contributed by atoms with van der Waals surface area (Å²) in [5.41, 5.74) is 0.721. The Hall–Kier alpha value is -1.66. The summed E-state index contributed by atoms with van der Waals surface area (Å²) in [7, 11) is 3.31. The lowest BCUT2D eigenvalue weighted by Crippen LogP contribution is -2.56. The Balaban J connectivity index is 2.13. The molecule has 1 aliphatic heterocycles. The molecule has 22 heavy (non-hydrogen) atoms. The van der Waals surface area contributed by atoms with Gasteiger partial charge in [-0.25, -0.2) is 4.39 Å². The third kappa shape index (κ3) is 3.96. The Morgan fingerprint density at radius 1 is 1.50 bits per heavy atom. The average Bonchev–Trinajstić information content (AvgIpc) is 2.46. The number of nitrogens with zero attached hydrogens (tertiary/aromatic N) is 2. The van der Waals surface area contributed by atoms with Crippen LogP contribution in [0.15, 0.2) is 18.2 Å². The van der Waals surface area contributed by atoms with E-state index in [1.165, 1.54) is 17.0 Å². The van der Waals surface area contributed by atoms with Gasteiger partial charge in [-0.3, -0.25) is 14.5 Å². The maximum atomic E-state index is 13.5. The van der Waals surface area contributed by atoms with Gasteiger partial charge in [-0.05, 0) is 17.7 Å². The van der Waals surface area contributed by atoms with E-state index >= 15 is 0 Å². The highest BCUT2D eigenvalue weighted by atomic mass is 35.5. The van der Waals surface area contributed by atoms with E-state index in [0.29, 0.717) is 19.6 Å². The first kappa shape index (κ1) is 16.7. The number of piperazine rings is 1. The molecule has 0 bridgehead atoms. The van der Waals surface area contributed by atoms with Crippen molar-refractivity contribution < 1.29 is 14.0 Å². The maximum absolute atomic E-state index is 13.5. The molecule has 1 aliphatic rings. The quantitative estimate of drug-likeness (QED) is 0.906. The van der Waals surface area contributed by atoms with Gasteiger partial charge in [0.25, 0.3) is 0 Å². The molecule has 0 unspecified atom stereocenters. The Morgan fingerprint density at radius 3 is 2.86 bits per heavy atom. The van der Waals surface area contributed by atoms with Crippen LogP contribution in [-0.2, 0) is 16.1 Å². The molecular formula is C15H19ClFN3O2. The van der Waals surface area contributed by atoms with Crippen molar-refractivity contribution in [2.24, 2.45) is 0 Å². The summed E-state index contributed by atoms with van der Waals surface area (Å²) in [5.74, 6) is -0.772. The molecular weight excluding hydrogens is 309 g/mol. The van der Waals surface area contributed by atoms with E-state index in [4.69, 9.17) is 11.6 Å². The van der Waals surface area contributed by atoms with E-state index < -0.39 is 11.9 Å². The number of halogens is 2. The molecule has 1 N–H and O–H groups in total. The zero-order valence-corrected chi connectivity index (χ0v) is 13.4. The number of rotatable bonds is 4. The average molecular weight is 328 g/mol. The van der Waals surface area contributed by atoms with Gasteiger partial charge in [0.15, 0.2) is 0 Å². The predicted octanol–water partition coefficient (Wildman–Crippen LogP) is 1.26. The first-order valence-electron chi connectivity index (χ1n) is 7.04. The summed E-state index contributed by atoms with van der Waals surface area (Å²) in [5, 5.41) is 2.84. The summed E-state index contributed by atoms with van der Waals surface area (Å²) in [4.78, 5) is 27.3. The largest absolute Gasteiger partial charge is 0.353 e. The summed E-state index contributed by atoms with van der Waals surface area (Å²) in [6.45, 7) is 1.52. The number of amides is 2. The fourth-order valence-electron chi connectivity index (χ4n) is 2.39. The van der Waals surface area contributed by atoms with Crippen molar-refractivity contribution in [1.82, 2.24) is 15.1 Å². The smallest absolute Gasteiger partial charge is 0.237 e. The number of benzene rings is 1. The molecule has 0 aliphatic carbocycles. The minimum atomic E-state index is -0.539. The Morgan fingerprint density at radius 2 is 2.23 bits per heavy atom. The first-order valence-corrected chi connectivity index (χ1v) is 7.42. The van der Waals surface area contributed by atoms with Crippen molar-refractivity contribution in [3.63, 3.8) is 0 Å². The topological polar surface area (TPSA) is 52.7 Å². The first-order chi connectivity index (χ1) is 10.4. The van der Waals surface area contributed by atoms with Crippen molar-refractivity contribution in [3.05, 3.63) is 34.6 Å². The molecule has 0 aromatic heterocycles. The van der Waals surface area contributed by atoms with Crippen LogP contribution in [0.3, 0.4) is 0 Å². The van der Waals surface area contributed by atoms with Crippen molar-refractivity contribution in [1.29, 1.82) is 0 Å². The van der Waals surface area contributed by atoms with Crippen LogP contribution in [0.25, 0.3) is 0 Å². The number of hydrogen-bond acceptors (Lipinski definition) is 3. The van der Waals surface area contributed by atoms with Crippen LogP contribution in [0.1, 0.15) is 12.0 Å². The third-order valence-corrected chi connectivity index (χ3v) is 3.98. The molecule has 2 amide bonds. The molecule has 0 saturated carbocycles. The number of carbonyl (C=O) groups is 2. The molecule has 120 valence electrons. The van der Waals surface area contributed by atoms with Crippen LogP contribution >= 0.6 is 11.6 Å². The molecule has 1 fully saturated rings. The van der Waals surface area contributed by atoms with Crippen molar-refractivity contribution in [3.8, 4) is 0 Å². The maximum Gasteiger partial charge on any atom is 0.237 e. The van der Waals surface area contributed by atoms with Gasteiger partial charge in [0.2, 0.25) is 11.8 Å². The number of nitrogens with one attached hydrogen (secondary N) is 1. The number of carbonyl (C=O) groups excluding carboxylic acids is 2.